The van der Waals surface area contributed by atoms with E-state index in [4.69, 9.17) is 0 Å². The second-order valence-corrected chi connectivity index (χ2v) is 8.01. The lowest BCUT2D eigenvalue weighted by Gasteiger charge is -2.38. The number of carbonyl (C=O) groups is 1. The largest absolute Gasteiger partial charge is 0.355 e. The summed E-state index contributed by atoms with van der Waals surface area (Å²) in [5.74, 6) is 0.227. The number of nitrogens with one attached hydrogen (secondary N) is 1. The highest BCUT2D eigenvalue weighted by molar-refractivity contribution is 6.04. The van der Waals surface area contributed by atoms with E-state index in [0.717, 1.165) is 38.3 Å². The van der Waals surface area contributed by atoms with Gasteiger partial charge in [-0.1, -0.05) is 30.3 Å². The molecule has 0 radical (unpaired) electrons. The van der Waals surface area contributed by atoms with Gasteiger partial charge in [0.2, 0.25) is 0 Å². The molecule has 1 aliphatic rings. The Morgan fingerprint density at radius 1 is 1.16 bits per heavy atom. The van der Waals surface area contributed by atoms with Crippen LogP contribution in [0.25, 0.3) is 0 Å². The minimum atomic E-state index is -0.361. The van der Waals surface area contributed by atoms with Crippen LogP contribution in [0.4, 0.5) is 15.9 Å². The summed E-state index contributed by atoms with van der Waals surface area (Å²) in [4.78, 5) is 21.7. The lowest BCUT2D eigenvalue weighted by Crippen LogP contribution is -2.46. The van der Waals surface area contributed by atoms with Crippen molar-refractivity contribution in [1.29, 1.82) is 0 Å². The van der Waals surface area contributed by atoms with Crippen molar-refractivity contribution in [3.8, 4) is 0 Å². The first-order valence-corrected chi connectivity index (χ1v) is 10.6. The van der Waals surface area contributed by atoms with E-state index in [1.165, 1.54) is 29.8 Å². The quantitative estimate of drug-likeness (QED) is 0.637. The maximum Gasteiger partial charge on any atom is 0.255 e. The summed E-state index contributed by atoms with van der Waals surface area (Å²) < 4.78 is 13.1. The lowest BCUT2D eigenvalue weighted by atomic mass is 10.0. The molecule has 1 N–H and O–H groups in total. The molecule has 1 unspecified atom stereocenters. The summed E-state index contributed by atoms with van der Waals surface area (Å²) in [5, 5.41) is 2.89. The number of amides is 1. The van der Waals surface area contributed by atoms with Crippen LogP contribution >= 0.6 is 0 Å². The van der Waals surface area contributed by atoms with Crippen molar-refractivity contribution in [2.24, 2.45) is 0 Å². The highest BCUT2D eigenvalue weighted by atomic mass is 19.1. The number of carbonyl (C=O) groups excluding carboxylic acids is 1. The van der Waals surface area contributed by atoms with Gasteiger partial charge in [-0.15, -0.1) is 0 Å². The second-order valence-electron chi connectivity index (χ2n) is 8.01. The molecule has 1 amide bonds. The molecule has 4 rings (SSSR count). The number of piperidine rings is 1. The fourth-order valence-corrected chi connectivity index (χ4v) is 4.00. The lowest BCUT2D eigenvalue weighted by molar-refractivity contribution is 0.102. The van der Waals surface area contributed by atoms with Crippen LogP contribution < -0.4 is 10.2 Å². The van der Waals surface area contributed by atoms with Crippen molar-refractivity contribution < 1.29 is 9.18 Å². The van der Waals surface area contributed by atoms with Crippen LogP contribution in [0.3, 0.4) is 0 Å². The second kappa shape index (κ2) is 9.71. The van der Waals surface area contributed by atoms with Crippen LogP contribution in [0.15, 0.2) is 72.9 Å². The summed E-state index contributed by atoms with van der Waals surface area (Å²) >= 11 is 0. The Kier molecular flexibility index (Phi) is 6.57. The number of anilines is 2. The number of aromatic nitrogens is 1. The first-order valence-electron chi connectivity index (χ1n) is 10.6. The van der Waals surface area contributed by atoms with E-state index < -0.39 is 0 Å². The van der Waals surface area contributed by atoms with E-state index in [-0.39, 0.29) is 11.7 Å². The van der Waals surface area contributed by atoms with Gasteiger partial charge in [0.05, 0.1) is 0 Å². The summed E-state index contributed by atoms with van der Waals surface area (Å²) in [7, 11) is 2.17. The maximum atomic E-state index is 13.1. The van der Waals surface area contributed by atoms with Gasteiger partial charge in [0.1, 0.15) is 11.6 Å². The predicted octanol–water partition coefficient (Wildman–Crippen LogP) is 4.57. The van der Waals surface area contributed by atoms with Crippen LogP contribution in [-0.4, -0.2) is 42.0 Å². The standard InChI is InChI=1S/C25H27FN4O/c1-29(17-19-6-3-2-4-7-19)23-8-5-15-30(18-23)24-16-22(13-14-27-24)28-25(31)20-9-11-21(26)12-10-20/h2-4,6-7,9-14,16,23H,5,8,15,17-18H2,1H3,(H,27,28,31). The Morgan fingerprint density at radius 3 is 2.71 bits per heavy atom. The topological polar surface area (TPSA) is 48.5 Å². The molecule has 1 aromatic heterocycles. The minimum Gasteiger partial charge on any atom is -0.355 e. The number of likely N-dealkylation sites (N-methyl/N-ethyl adjacent to an activating group) is 1. The average molecular weight is 419 g/mol. The smallest absolute Gasteiger partial charge is 0.255 e. The van der Waals surface area contributed by atoms with Crippen molar-refractivity contribution in [1.82, 2.24) is 9.88 Å². The number of benzene rings is 2. The molecule has 6 heteroatoms. The zero-order chi connectivity index (χ0) is 21.6. The van der Waals surface area contributed by atoms with E-state index in [0.29, 0.717) is 17.3 Å². The molecule has 2 heterocycles. The van der Waals surface area contributed by atoms with Crippen LogP contribution in [0.2, 0.25) is 0 Å². The first-order chi connectivity index (χ1) is 15.1. The first kappa shape index (κ1) is 21.0. The summed E-state index contributed by atoms with van der Waals surface area (Å²) in [6.07, 6.45) is 3.96. The van der Waals surface area contributed by atoms with Crippen LogP contribution in [0, 0.1) is 5.82 Å². The number of rotatable bonds is 6. The summed E-state index contributed by atoms with van der Waals surface area (Å²) in [5.41, 5.74) is 2.41. The Labute approximate surface area is 182 Å². The summed E-state index contributed by atoms with van der Waals surface area (Å²) in [6, 6.07) is 20.1. The zero-order valence-corrected chi connectivity index (χ0v) is 17.7. The minimum absolute atomic E-state index is 0.267. The molecule has 1 aliphatic heterocycles. The van der Waals surface area contributed by atoms with Gasteiger partial charge in [-0.3, -0.25) is 9.69 Å². The average Bonchev–Trinajstić information content (AvgIpc) is 2.80. The van der Waals surface area contributed by atoms with Crippen molar-refractivity contribution in [3.63, 3.8) is 0 Å². The highest BCUT2D eigenvalue weighted by Crippen LogP contribution is 2.24. The molecule has 5 nitrogen and oxygen atoms in total. The van der Waals surface area contributed by atoms with Gasteiger partial charge in [0.25, 0.3) is 5.91 Å². The normalized spacial score (nSPS) is 16.4. The van der Waals surface area contributed by atoms with Gasteiger partial charge in [-0.05, 0) is 55.8 Å². The molecule has 2 aromatic carbocycles. The molecule has 160 valence electrons. The van der Waals surface area contributed by atoms with Crippen LogP contribution in [0.5, 0.6) is 0 Å². The number of pyridine rings is 1. The molecule has 31 heavy (non-hydrogen) atoms. The zero-order valence-electron chi connectivity index (χ0n) is 17.7. The van der Waals surface area contributed by atoms with Crippen molar-refractivity contribution >= 4 is 17.4 Å². The molecule has 0 spiro atoms. The third-order valence-electron chi connectivity index (χ3n) is 5.73. The molecule has 0 saturated carbocycles. The molecular weight excluding hydrogens is 391 g/mol. The van der Waals surface area contributed by atoms with Crippen molar-refractivity contribution in [2.75, 3.05) is 30.4 Å². The number of nitrogens with zero attached hydrogens (tertiary/aromatic N) is 3. The van der Waals surface area contributed by atoms with Crippen LogP contribution in [0.1, 0.15) is 28.8 Å². The van der Waals surface area contributed by atoms with E-state index in [1.807, 2.05) is 12.1 Å². The molecule has 1 fully saturated rings. The monoisotopic (exact) mass is 418 g/mol. The van der Waals surface area contributed by atoms with Gasteiger partial charge in [0.15, 0.2) is 0 Å². The number of hydrogen-bond donors (Lipinski definition) is 1. The van der Waals surface area contributed by atoms with Gasteiger partial charge in [-0.25, -0.2) is 9.37 Å². The van der Waals surface area contributed by atoms with Gasteiger partial charge >= 0.3 is 0 Å². The van der Waals surface area contributed by atoms with Crippen molar-refractivity contribution in [2.45, 2.75) is 25.4 Å². The fraction of sp³-hybridized carbons (Fsp3) is 0.280. The Balaban J connectivity index is 1.41. The SMILES string of the molecule is CN(Cc1ccccc1)C1CCCN(c2cc(NC(=O)c3ccc(F)cc3)ccn2)C1. The van der Waals surface area contributed by atoms with E-state index in [9.17, 15) is 9.18 Å². The molecule has 0 bridgehead atoms. The Hall–Kier alpha value is -3.25. The third-order valence-corrected chi connectivity index (χ3v) is 5.73. The third kappa shape index (κ3) is 5.47. The molecular formula is C25H27FN4O. The molecule has 3 aromatic rings. The van der Waals surface area contributed by atoms with E-state index in [1.54, 1.807) is 12.3 Å². The Bertz CT molecular complexity index is 1010. The number of halogens is 1. The van der Waals surface area contributed by atoms with Crippen LogP contribution in [-0.2, 0) is 6.54 Å². The van der Waals surface area contributed by atoms with Gasteiger partial charge in [0, 0.05) is 49.2 Å². The van der Waals surface area contributed by atoms with Crippen molar-refractivity contribution in [3.05, 3.63) is 89.9 Å². The van der Waals surface area contributed by atoms with E-state index >= 15 is 0 Å². The number of hydrogen-bond acceptors (Lipinski definition) is 4. The Morgan fingerprint density at radius 2 is 1.94 bits per heavy atom. The fourth-order valence-electron chi connectivity index (χ4n) is 4.00. The van der Waals surface area contributed by atoms with E-state index in [2.05, 4.69) is 51.4 Å². The highest BCUT2D eigenvalue weighted by Gasteiger charge is 2.24. The molecule has 1 atom stereocenters. The van der Waals surface area contributed by atoms with Gasteiger partial charge in [-0.2, -0.15) is 0 Å². The predicted molar refractivity (Wildman–Crippen MR) is 122 cm³/mol. The molecule has 0 aliphatic carbocycles. The maximum absolute atomic E-state index is 13.1. The summed E-state index contributed by atoms with van der Waals surface area (Å²) in [6.45, 7) is 2.75. The molecule has 1 saturated heterocycles. The van der Waals surface area contributed by atoms with Gasteiger partial charge < -0.3 is 10.2 Å².